The van der Waals surface area contributed by atoms with Crippen LogP contribution >= 0.6 is 11.8 Å². The number of hydrogen-bond acceptors (Lipinski definition) is 2. The molecule has 0 aliphatic carbocycles. The summed E-state index contributed by atoms with van der Waals surface area (Å²) in [5, 5.41) is 1.88. The fourth-order valence-electron chi connectivity index (χ4n) is 0.790. The van der Waals surface area contributed by atoms with Crippen LogP contribution in [0.5, 0.6) is 0 Å². The molecule has 1 aromatic carbocycles. The van der Waals surface area contributed by atoms with E-state index in [0.29, 0.717) is 6.42 Å². The Morgan fingerprint density at radius 3 is 2.69 bits per heavy atom. The Morgan fingerprint density at radius 1 is 1.38 bits per heavy atom. The highest BCUT2D eigenvalue weighted by Gasteiger charge is 1.88. The van der Waals surface area contributed by atoms with E-state index in [2.05, 4.69) is 0 Å². The molecule has 2 nitrogen and oxygen atoms in total. The summed E-state index contributed by atoms with van der Waals surface area (Å²) in [6.45, 7) is 0. The summed E-state index contributed by atoms with van der Waals surface area (Å²) in [7, 11) is 0. The number of primary amides is 1. The molecule has 0 spiro atoms. The van der Waals surface area contributed by atoms with Crippen molar-refractivity contribution < 1.29 is 4.79 Å². The number of nitrogens with two attached hydrogens (primary N) is 1. The molecule has 1 amide bonds. The third-order valence-electron chi connectivity index (χ3n) is 1.36. The second-order valence-electron chi connectivity index (χ2n) is 2.47. The van der Waals surface area contributed by atoms with Crippen LogP contribution in [0.15, 0.2) is 46.7 Å². The van der Waals surface area contributed by atoms with Gasteiger partial charge in [0.15, 0.2) is 0 Å². The van der Waals surface area contributed by atoms with E-state index in [1.54, 1.807) is 17.8 Å². The van der Waals surface area contributed by atoms with Gasteiger partial charge >= 0.3 is 0 Å². The highest BCUT2D eigenvalue weighted by Crippen LogP contribution is 2.17. The number of amides is 1. The normalized spacial score (nSPS) is 10.5. The summed E-state index contributed by atoms with van der Waals surface area (Å²) >= 11 is 1.57. The Balaban J connectivity index is 2.35. The van der Waals surface area contributed by atoms with Gasteiger partial charge in [0.2, 0.25) is 5.91 Å². The first-order valence-corrected chi connectivity index (χ1v) is 4.82. The smallest absolute Gasteiger partial charge is 0.221 e. The Hall–Kier alpha value is -1.22. The second-order valence-corrected chi connectivity index (χ2v) is 3.45. The number of hydrogen-bond donors (Lipinski definition) is 1. The average molecular weight is 193 g/mol. The third-order valence-corrected chi connectivity index (χ3v) is 2.24. The largest absolute Gasteiger partial charge is 0.369 e. The monoisotopic (exact) mass is 193 g/mol. The van der Waals surface area contributed by atoms with Crippen LogP contribution in [0, 0.1) is 0 Å². The van der Waals surface area contributed by atoms with E-state index in [0.717, 1.165) is 4.90 Å². The van der Waals surface area contributed by atoms with E-state index in [-0.39, 0.29) is 5.91 Å². The SMILES string of the molecule is NC(=O)CC=CSc1ccccc1. The molecule has 2 N–H and O–H groups in total. The zero-order valence-electron chi connectivity index (χ0n) is 7.14. The lowest BCUT2D eigenvalue weighted by Crippen LogP contribution is -2.07. The number of benzene rings is 1. The van der Waals surface area contributed by atoms with Gasteiger partial charge < -0.3 is 5.73 Å². The average Bonchev–Trinajstić information content (AvgIpc) is 2.14. The van der Waals surface area contributed by atoms with Crippen LogP contribution in [-0.2, 0) is 4.79 Å². The lowest BCUT2D eigenvalue weighted by molar-refractivity contribution is -0.117. The second kappa shape index (κ2) is 5.43. The highest BCUT2D eigenvalue weighted by molar-refractivity contribution is 8.02. The van der Waals surface area contributed by atoms with Crippen molar-refractivity contribution in [1.82, 2.24) is 0 Å². The van der Waals surface area contributed by atoms with Gasteiger partial charge in [0.05, 0.1) is 0 Å². The molecule has 0 fully saturated rings. The molecule has 0 aliphatic heterocycles. The van der Waals surface area contributed by atoms with Gasteiger partial charge in [-0.05, 0) is 17.5 Å². The molecule has 0 aromatic heterocycles. The van der Waals surface area contributed by atoms with Crippen LogP contribution < -0.4 is 5.73 Å². The molecule has 0 radical (unpaired) electrons. The topological polar surface area (TPSA) is 43.1 Å². The van der Waals surface area contributed by atoms with Crippen LogP contribution in [0.3, 0.4) is 0 Å². The summed E-state index contributed by atoms with van der Waals surface area (Å²) in [6, 6.07) is 9.95. The van der Waals surface area contributed by atoms with Crippen molar-refractivity contribution in [2.45, 2.75) is 11.3 Å². The molecule has 1 aromatic rings. The van der Waals surface area contributed by atoms with E-state index < -0.39 is 0 Å². The summed E-state index contributed by atoms with van der Waals surface area (Å²) in [4.78, 5) is 11.5. The molecule has 0 unspecified atom stereocenters. The molecule has 0 heterocycles. The van der Waals surface area contributed by atoms with Crippen molar-refractivity contribution in [1.29, 1.82) is 0 Å². The number of thioether (sulfide) groups is 1. The summed E-state index contributed by atoms with van der Waals surface area (Å²) in [6.07, 6.45) is 2.07. The minimum Gasteiger partial charge on any atom is -0.369 e. The maximum atomic E-state index is 10.4. The van der Waals surface area contributed by atoms with Gasteiger partial charge in [-0.15, -0.1) is 0 Å². The molecule has 0 atom stereocenters. The summed E-state index contributed by atoms with van der Waals surface area (Å²) in [5.41, 5.74) is 4.97. The molecule has 1 rings (SSSR count). The van der Waals surface area contributed by atoms with Gasteiger partial charge in [-0.1, -0.05) is 36.0 Å². The maximum Gasteiger partial charge on any atom is 0.221 e. The van der Waals surface area contributed by atoms with E-state index in [4.69, 9.17) is 5.73 Å². The molecular formula is C10H11NOS. The minimum atomic E-state index is -0.301. The molecule has 0 bridgehead atoms. The number of carbonyl (C=O) groups excluding carboxylic acids is 1. The van der Waals surface area contributed by atoms with Gasteiger partial charge in [-0.25, -0.2) is 0 Å². The van der Waals surface area contributed by atoms with Crippen LogP contribution in [0.2, 0.25) is 0 Å². The predicted octanol–water partition coefficient (Wildman–Crippen LogP) is 2.17. The van der Waals surface area contributed by atoms with Gasteiger partial charge in [0, 0.05) is 11.3 Å². The lowest BCUT2D eigenvalue weighted by Gasteiger charge is -1.92. The van der Waals surface area contributed by atoms with Crippen molar-refractivity contribution in [3.05, 3.63) is 41.8 Å². The van der Waals surface area contributed by atoms with Crippen molar-refractivity contribution in [3.63, 3.8) is 0 Å². The molecule has 0 saturated heterocycles. The highest BCUT2D eigenvalue weighted by atomic mass is 32.2. The standard InChI is InChI=1S/C10H11NOS/c11-10(12)7-4-8-13-9-5-2-1-3-6-9/h1-6,8H,7H2,(H2,11,12). The Kier molecular flexibility index (Phi) is 4.12. The summed E-state index contributed by atoms with van der Waals surface area (Å²) in [5.74, 6) is -0.301. The summed E-state index contributed by atoms with van der Waals surface area (Å²) < 4.78 is 0. The molecular weight excluding hydrogens is 182 g/mol. The fraction of sp³-hybridized carbons (Fsp3) is 0.100. The lowest BCUT2D eigenvalue weighted by atomic mass is 10.4. The van der Waals surface area contributed by atoms with Crippen LogP contribution in [0.25, 0.3) is 0 Å². The van der Waals surface area contributed by atoms with E-state index in [1.807, 2.05) is 35.7 Å². The van der Waals surface area contributed by atoms with Gasteiger partial charge in [0.25, 0.3) is 0 Å². The molecule has 68 valence electrons. The molecule has 3 heteroatoms. The van der Waals surface area contributed by atoms with Gasteiger partial charge in [-0.3, -0.25) is 4.79 Å². The third kappa shape index (κ3) is 4.38. The van der Waals surface area contributed by atoms with E-state index in [9.17, 15) is 4.79 Å². The van der Waals surface area contributed by atoms with E-state index in [1.165, 1.54) is 0 Å². The van der Waals surface area contributed by atoms with Crippen molar-refractivity contribution in [3.8, 4) is 0 Å². The Morgan fingerprint density at radius 2 is 2.08 bits per heavy atom. The molecule has 0 saturated carbocycles. The van der Waals surface area contributed by atoms with Crippen LogP contribution in [0.1, 0.15) is 6.42 Å². The first-order chi connectivity index (χ1) is 6.29. The van der Waals surface area contributed by atoms with Gasteiger partial charge in [-0.2, -0.15) is 0 Å². The molecule has 0 aliphatic rings. The number of carbonyl (C=O) groups is 1. The zero-order chi connectivity index (χ0) is 9.52. The Bertz CT molecular complexity index is 295. The first kappa shape index (κ1) is 9.86. The Labute approximate surface area is 81.8 Å². The minimum absolute atomic E-state index is 0.301. The first-order valence-electron chi connectivity index (χ1n) is 3.94. The van der Waals surface area contributed by atoms with Crippen LogP contribution in [-0.4, -0.2) is 5.91 Å². The van der Waals surface area contributed by atoms with Crippen molar-refractivity contribution >= 4 is 17.7 Å². The van der Waals surface area contributed by atoms with Crippen LogP contribution in [0.4, 0.5) is 0 Å². The van der Waals surface area contributed by atoms with Crippen molar-refractivity contribution in [2.75, 3.05) is 0 Å². The zero-order valence-corrected chi connectivity index (χ0v) is 7.96. The predicted molar refractivity (Wildman–Crippen MR) is 55.3 cm³/mol. The van der Waals surface area contributed by atoms with Gasteiger partial charge in [0.1, 0.15) is 0 Å². The molecule has 13 heavy (non-hydrogen) atoms. The maximum absolute atomic E-state index is 10.4. The van der Waals surface area contributed by atoms with Crippen molar-refractivity contribution in [2.24, 2.45) is 5.73 Å². The number of rotatable bonds is 4. The van der Waals surface area contributed by atoms with E-state index >= 15 is 0 Å². The quantitative estimate of drug-likeness (QED) is 0.745. The fourth-order valence-corrected chi connectivity index (χ4v) is 1.45.